The van der Waals surface area contributed by atoms with Gasteiger partial charge in [-0.15, -0.1) is 0 Å². The number of nitrogens with zero attached hydrogens (tertiary/aromatic N) is 1. The van der Waals surface area contributed by atoms with Crippen molar-refractivity contribution in [3.05, 3.63) is 59.7 Å². The molecule has 2 rings (SSSR count). The molecule has 0 aliphatic carbocycles. The lowest BCUT2D eigenvalue weighted by Crippen LogP contribution is -2.34. The Bertz CT molecular complexity index is 990. The SMILES string of the molecule is CN(C(=O)OC(C)(C)C)c1ccc(C=Cc2ccc(OCCOS(C)(=O)=O)cc2)cc1. The third-order valence-electron chi connectivity index (χ3n) is 3.95. The van der Waals surface area contributed by atoms with Crippen LogP contribution in [0.3, 0.4) is 0 Å². The third kappa shape index (κ3) is 9.23. The molecule has 0 saturated carbocycles. The predicted molar refractivity (Wildman–Crippen MR) is 123 cm³/mol. The summed E-state index contributed by atoms with van der Waals surface area (Å²) in [5.41, 5.74) is 2.17. The van der Waals surface area contributed by atoms with E-state index in [2.05, 4.69) is 4.18 Å². The van der Waals surface area contributed by atoms with Gasteiger partial charge in [-0.1, -0.05) is 36.4 Å². The lowest BCUT2D eigenvalue weighted by atomic mass is 10.1. The second kappa shape index (κ2) is 10.5. The maximum Gasteiger partial charge on any atom is 0.414 e. The molecule has 0 radical (unpaired) electrons. The fourth-order valence-corrected chi connectivity index (χ4v) is 2.83. The summed E-state index contributed by atoms with van der Waals surface area (Å²) in [7, 11) is -1.78. The normalized spacial score (nSPS) is 12.0. The van der Waals surface area contributed by atoms with Crippen LogP contribution in [0.1, 0.15) is 31.9 Å². The summed E-state index contributed by atoms with van der Waals surface area (Å²) in [6.07, 6.45) is 4.53. The summed E-state index contributed by atoms with van der Waals surface area (Å²) in [6.45, 7) is 5.61. The van der Waals surface area contributed by atoms with E-state index in [0.29, 0.717) is 5.75 Å². The van der Waals surface area contributed by atoms with Crippen molar-refractivity contribution in [3.63, 3.8) is 0 Å². The molecule has 0 heterocycles. The van der Waals surface area contributed by atoms with Gasteiger partial charge in [0.15, 0.2) is 0 Å². The van der Waals surface area contributed by atoms with Crippen molar-refractivity contribution in [1.82, 2.24) is 0 Å². The molecule has 0 unspecified atom stereocenters. The first-order valence-corrected chi connectivity index (χ1v) is 11.6. The maximum atomic E-state index is 12.2. The van der Waals surface area contributed by atoms with Crippen molar-refractivity contribution in [2.75, 3.05) is 31.4 Å². The fourth-order valence-electron chi connectivity index (χ4n) is 2.46. The Balaban J connectivity index is 1.90. The van der Waals surface area contributed by atoms with E-state index in [1.807, 2.05) is 69.3 Å². The molecule has 8 heteroatoms. The van der Waals surface area contributed by atoms with E-state index in [9.17, 15) is 13.2 Å². The zero-order valence-corrected chi connectivity index (χ0v) is 19.3. The van der Waals surface area contributed by atoms with Crippen LogP contribution in [0.25, 0.3) is 12.2 Å². The van der Waals surface area contributed by atoms with Crippen LogP contribution in [0.2, 0.25) is 0 Å². The van der Waals surface area contributed by atoms with E-state index in [-0.39, 0.29) is 13.2 Å². The average molecular weight is 448 g/mol. The number of carbonyl (C=O) groups is 1. The summed E-state index contributed by atoms with van der Waals surface area (Å²) in [5.74, 6) is 0.629. The van der Waals surface area contributed by atoms with Crippen LogP contribution in [0, 0.1) is 0 Å². The number of hydrogen-bond donors (Lipinski definition) is 0. The van der Waals surface area contributed by atoms with Gasteiger partial charge in [-0.3, -0.25) is 9.08 Å². The van der Waals surface area contributed by atoms with Gasteiger partial charge in [0.05, 0.1) is 6.26 Å². The van der Waals surface area contributed by atoms with Gasteiger partial charge in [0.25, 0.3) is 10.1 Å². The molecular formula is C23H29NO6S. The molecular weight excluding hydrogens is 418 g/mol. The minimum absolute atomic E-state index is 0.0282. The zero-order valence-electron chi connectivity index (χ0n) is 18.5. The Kier molecular flexibility index (Phi) is 8.24. The van der Waals surface area contributed by atoms with Gasteiger partial charge in [-0.25, -0.2) is 4.79 Å². The standard InChI is InChI=1S/C23H29NO6S/c1-23(2,3)30-22(25)24(4)20-12-8-18(9-13-20)6-7-19-10-14-21(15-11-19)28-16-17-29-31(5,26)27/h6-15H,16-17H2,1-5H3. The van der Waals surface area contributed by atoms with Crippen molar-refractivity contribution < 1.29 is 26.9 Å². The van der Waals surface area contributed by atoms with Crippen LogP contribution in [-0.2, 0) is 19.0 Å². The Labute approximate surface area is 184 Å². The Morgan fingerprint density at radius 1 is 0.935 bits per heavy atom. The highest BCUT2D eigenvalue weighted by atomic mass is 32.2. The van der Waals surface area contributed by atoms with Crippen molar-refractivity contribution in [3.8, 4) is 5.75 Å². The molecule has 7 nitrogen and oxygen atoms in total. The molecule has 0 aliphatic rings. The van der Waals surface area contributed by atoms with Crippen molar-refractivity contribution in [2.24, 2.45) is 0 Å². The van der Waals surface area contributed by atoms with Crippen molar-refractivity contribution in [2.45, 2.75) is 26.4 Å². The molecule has 168 valence electrons. The highest BCUT2D eigenvalue weighted by molar-refractivity contribution is 7.85. The summed E-state index contributed by atoms with van der Waals surface area (Å²) in [6, 6.07) is 15.0. The number of benzene rings is 2. The van der Waals surface area contributed by atoms with Gasteiger partial charge in [-0.05, 0) is 56.2 Å². The first kappa shape index (κ1) is 24.4. The molecule has 0 aromatic heterocycles. The number of ether oxygens (including phenoxy) is 2. The van der Waals surface area contributed by atoms with E-state index < -0.39 is 21.8 Å². The molecule has 0 fully saturated rings. The Morgan fingerprint density at radius 2 is 1.45 bits per heavy atom. The first-order chi connectivity index (χ1) is 14.4. The molecule has 0 bridgehead atoms. The van der Waals surface area contributed by atoms with Crippen LogP contribution in [-0.4, -0.2) is 46.6 Å². The molecule has 2 aromatic rings. The summed E-state index contributed by atoms with van der Waals surface area (Å²) < 4.78 is 37.2. The van der Waals surface area contributed by atoms with E-state index in [0.717, 1.165) is 23.1 Å². The first-order valence-electron chi connectivity index (χ1n) is 9.75. The van der Waals surface area contributed by atoms with Gasteiger partial charge in [0, 0.05) is 12.7 Å². The fraction of sp³-hybridized carbons (Fsp3) is 0.348. The van der Waals surface area contributed by atoms with E-state index in [4.69, 9.17) is 9.47 Å². The monoisotopic (exact) mass is 447 g/mol. The smallest absolute Gasteiger partial charge is 0.414 e. The molecule has 1 amide bonds. The van der Waals surface area contributed by atoms with Gasteiger partial charge in [0.1, 0.15) is 24.6 Å². The largest absolute Gasteiger partial charge is 0.491 e. The third-order valence-corrected chi connectivity index (χ3v) is 4.54. The van der Waals surface area contributed by atoms with Crippen LogP contribution >= 0.6 is 0 Å². The molecule has 2 aromatic carbocycles. The number of carbonyl (C=O) groups excluding carboxylic acids is 1. The number of amides is 1. The average Bonchev–Trinajstić information content (AvgIpc) is 2.68. The van der Waals surface area contributed by atoms with Gasteiger partial charge in [-0.2, -0.15) is 8.42 Å². The van der Waals surface area contributed by atoms with Crippen LogP contribution in [0.15, 0.2) is 48.5 Å². The minimum Gasteiger partial charge on any atom is -0.491 e. The quantitative estimate of drug-likeness (QED) is 0.335. The molecule has 0 aliphatic heterocycles. The van der Waals surface area contributed by atoms with Crippen LogP contribution in [0.5, 0.6) is 5.75 Å². The predicted octanol–water partition coefficient (Wildman–Crippen LogP) is 4.58. The summed E-state index contributed by atoms with van der Waals surface area (Å²) in [4.78, 5) is 13.6. The van der Waals surface area contributed by atoms with Gasteiger partial charge in [0.2, 0.25) is 0 Å². The number of anilines is 1. The van der Waals surface area contributed by atoms with Crippen LogP contribution < -0.4 is 9.64 Å². The number of rotatable bonds is 8. The van der Waals surface area contributed by atoms with Crippen molar-refractivity contribution >= 4 is 34.1 Å². The highest BCUT2D eigenvalue weighted by Gasteiger charge is 2.20. The minimum atomic E-state index is -3.45. The van der Waals surface area contributed by atoms with Gasteiger partial charge >= 0.3 is 6.09 Å². The molecule has 31 heavy (non-hydrogen) atoms. The zero-order chi connectivity index (χ0) is 23.1. The highest BCUT2D eigenvalue weighted by Crippen LogP contribution is 2.19. The van der Waals surface area contributed by atoms with E-state index >= 15 is 0 Å². The lowest BCUT2D eigenvalue weighted by Gasteiger charge is -2.24. The lowest BCUT2D eigenvalue weighted by molar-refractivity contribution is 0.0589. The Morgan fingerprint density at radius 3 is 1.94 bits per heavy atom. The van der Waals surface area contributed by atoms with E-state index in [1.165, 1.54) is 4.90 Å². The molecule has 0 atom stereocenters. The topological polar surface area (TPSA) is 82.1 Å². The molecule has 0 saturated heterocycles. The van der Waals surface area contributed by atoms with Crippen LogP contribution in [0.4, 0.5) is 10.5 Å². The number of hydrogen-bond acceptors (Lipinski definition) is 6. The molecule has 0 N–H and O–H groups in total. The maximum absolute atomic E-state index is 12.2. The molecule has 0 spiro atoms. The Hall–Kier alpha value is -2.84. The second-order valence-corrected chi connectivity index (χ2v) is 9.55. The second-order valence-electron chi connectivity index (χ2n) is 7.91. The van der Waals surface area contributed by atoms with Gasteiger partial charge < -0.3 is 9.47 Å². The summed E-state index contributed by atoms with van der Waals surface area (Å²) >= 11 is 0. The van der Waals surface area contributed by atoms with Crippen molar-refractivity contribution in [1.29, 1.82) is 0 Å². The summed E-state index contributed by atoms with van der Waals surface area (Å²) in [5, 5.41) is 0. The van der Waals surface area contributed by atoms with E-state index in [1.54, 1.807) is 19.2 Å².